The Morgan fingerprint density at radius 1 is 1.35 bits per heavy atom. The van der Waals surface area contributed by atoms with Gasteiger partial charge >= 0.3 is 0 Å². The zero-order valence-corrected chi connectivity index (χ0v) is 11.9. The molecule has 0 aliphatic carbocycles. The summed E-state index contributed by atoms with van der Waals surface area (Å²) in [6.45, 7) is 2.04. The number of halogens is 1. The number of alkyl halides is 1. The summed E-state index contributed by atoms with van der Waals surface area (Å²) in [4.78, 5) is 11.6. The number of carbonyl (C=O) groups excluding carboxylic acids is 1. The molecule has 0 aliphatic heterocycles. The highest BCUT2D eigenvalue weighted by Gasteiger charge is 2.06. The molecule has 3 heteroatoms. The standard InChI is InChI=1S/C14H20BrNO/c1-12(10-11-15)16-14(17)9-5-8-13-6-3-2-4-7-13/h2-4,6-7,12H,5,8-11H2,1H3,(H,16,17). The summed E-state index contributed by atoms with van der Waals surface area (Å²) in [6.07, 6.45) is 3.48. The second-order valence-electron chi connectivity index (χ2n) is 4.29. The number of benzene rings is 1. The van der Waals surface area contributed by atoms with Crippen molar-refractivity contribution in [3.05, 3.63) is 35.9 Å². The fraction of sp³-hybridized carbons (Fsp3) is 0.500. The van der Waals surface area contributed by atoms with Gasteiger partial charge in [-0.25, -0.2) is 0 Å². The van der Waals surface area contributed by atoms with Gasteiger partial charge < -0.3 is 5.32 Å². The van der Waals surface area contributed by atoms with Gasteiger partial charge in [-0.3, -0.25) is 4.79 Å². The van der Waals surface area contributed by atoms with Crippen molar-refractivity contribution in [2.75, 3.05) is 5.33 Å². The monoisotopic (exact) mass is 297 g/mol. The van der Waals surface area contributed by atoms with Crippen molar-refractivity contribution >= 4 is 21.8 Å². The molecular formula is C14H20BrNO. The van der Waals surface area contributed by atoms with Gasteiger partial charge in [0.25, 0.3) is 0 Å². The Bertz CT molecular complexity index is 326. The molecule has 17 heavy (non-hydrogen) atoms. The third-order valence-electron chi connectivity index (χ3n) is 2.66. The van der Waals surface area contributed by atoms with E-state index in [-0.39, 0.29) is 11.9 Å². The molecule has 0 aromatic heterocycles. The Kier molecular flexibility index (Phi) is 6.94. The van der Waals surface area contributed by atoms with Crippen molar-refractivity contribution in [2.24, 2.45) is 0 Å². The van der Waals surface area contributed by atoms with Crippen LogP contribution in [0.1, 0.15) is 31.7 Å². The predicted octanol–water partition coefficient (Wildman–Crippen LogP) is 3.30. The molecule has 0 saturated heterocycles. The summed E-state index contributed by atoms with van der Waals surface area (Å²) in [6, 6.07) is 10.6. The van der Waals surface area contributed by atoms with Crippen LogP contribution in [0.3, 0.4) is 0 Å². The molecule has 94 valence electrons. The molecule has 0 saturated carbocycles. The van der Waals surface area contributed by atoms with Crippen molar-refractivity contribution in [3.8, 4) is 0 Å². The zero-order chi connectivity index (χ0) is 12.5. The van der Waals surface area contributed by atoms with Crippen LogP contribution < -0.4 is 5.32 Å². The molecule has 0 heterocycles. The first-order valence-electron chi connectivity index (χ1n) is 6.11. The highest BCUT2D eigenvalue weighted by Crippen LogP contribution is 2.04. The number of amides is 1. The van der Waals surface area contributed by atoms with Crippen LogP contribution in [0.2, 0.25) is 0 Å². The van der Waals surface area contributed by atoms with E-state index in [9.17, 15) is 4.79 Å². The lowest BCUT2D eigenvalue weighted by molar-refractivity contribution is -0.121. The van der Waals surface area contributed by atoms with Crippen LogP contribution in [-0.4, -0.2) is 17.3 Å². The van der Waals surface area contributed by atoms with Gasteiger partial charge in [0.05, 0.1) is 0 Å². The number of rotatable bonds is 7. The normalized spacial score (nSPS) is 12.1. The zero-order valence-electron chi connectivity index (χ0n) is 10.3. The summed E-state index contributed by atoms with van der Waals surface area (Å²) in [5.41, 5.74) is 1.30. The van der Waals surface area contributed by atoms with E-state index in [1.165, 1.54) is 5.56 Å². The molecule has 1 N–H and O–H groups in total. The van der Waals surface area contributed by atoms with E-state index < -0.39 is 0 Å². The molecule has 2 nitrogen and oxygen atoms in total. The first kappa shape index (κ1) is 14.2. The molecule has 0 bridgehead atoms. The molecule has 1 atom stereocenters. The van der Waals surface area contributed by atoms with Crippen LogP contribution in [0.25, 0.3) is 0 Å². The molecule has 0 aliphatic rings. The minimum Gasteiger partial charge on any atom is -0.354 e. The second kappa shape index (κ2) is 8.29. The van der Waals surface area contributed by atoms with Gasteiger partial charge in [-0.2, -0.15) is 0 Å². The van der Waals surface area contributed by atoms with Gasteiger partial charge in [-0.1, -0.05) is 46.3 Å². The van der Waals surface area contributed by atoms with Gasteiger partial charge in [0.1, 0.15) is 0 Å². The molecule has 1 amide bonds. The molecule has 0 spiro atoms. The maximum Gasteiger partial charge on any atom is 0.220 e. The van der Waals surface area contributed by atoms with Crippen LogP contribution >= 0.6 is 15.9 Å². The first-order valence-corrected chi connectivity index (χ1v) is 7.23. The van der Waals surface area contributed by atoms with Gasteiger partial charge in [0.2, 0.25) is 5.91 Å². The molecule has 1 rings (SSSR count). The van der Waals surface area contributed by atoms with E-state index in [0.29, 0.717) is 6.42 Å². The van der Waals surface area contributed by atoms with Crippen molar-refractivity contribution in [3.63, 3.8) is 0 Å². The van der Waals surface area contributed by atoms with E-state index in [4.69, 9.17) is 0 Å². The maximum atomic E-state index is 11.6. The Hall–Kier alpha value is -0.830. The lowest BCUT2D eigenvalue weighted by atomic mass is 10.1. The first-order chi connectivity index (χ1) is 8.22. The Balaban J connectivity index is 2.16. The van der Waals surface area contributed by atoms with E-state index in [0.717, 1.165) is 24.6 Å². The molecule has 0 radical (unpaired) electrons. The van der Waals surface area contributed by atoms with E-state index >= 15 is 0 Å². The quantitative estimate of drug-likeness (QED) is 0.769. The number of carbonyl (C=O) groups is 1. The van der Waals surface area contributed by atoms with E-state index in [1.807, 2.05) is 25.1 Å². The lowest BCUT2D eigenvalue weighted by Gasteiger charge is -2.12. The third kappa shape index (κ3) is 6.47. The van der Waals surface area contributed by atoms with Gasteiger partial charge in [-0.05, 0) is 31.7 Å². The van der Waals surface area contributed by atoms with Crippen molar-refractivity contribution in [1.29, 1.82) is 0 Å². The van der Waals surface area contributed by atoms with E-state index in [1.54, 1.807) is 0 Å². The van der Waals surface area contributed by atoms with Gasteiger partial charge in [-0.15, -0.1) is 0 Å². The Morgan fingerprint density at radius 3 is 2.71 bits per heavy atom. The average Bonchev–Trinajstić information content (AvgIpc) is 2.30. The number of hydrogen-bond acceptors (Lipinski definition) is 1. The Labute approximate surface area is 112 Å². The summed E-state index contributed by atoms with van der Waals surface area (Å²) in [7, 11) is 0. The summed E-state index contributed by atoms with van der Waals surface area (Å²) in [5.74, 6) is 0.161. The molecule has 1 unspecified atom stereocenters. The van der Waals surface area contributed by atoms with Crippen LogP contribution in [-0.2, 0) is 11.2 Å². The third-order valence-corrected chi connectivity index (χ3v) is 3.12. The smallest absolute Gasteiger partial charge is 0.220 e. The van der Waals surface area contributed by atoms with E-state index in [2.05, 4.69) is 33.4 Å². The number of hydrogen-bond donors (Lipinski definition) is 1. The summed E-state index contributed by atoms with van der Waals surface area (Å²) >= 11 is 3.37. The summed E-state index contributed by atoms with van der Waals surface area (Å²) in [5, 5.41) is 3.93. The van der Waals surface area contributed by atoms with Crippen LogP contribution in [0.15, 0.2) is 30.3 Å². The van der Waals surface area contributed by atoms with Crippen LogP contribution in [0.5, 0.6) is 0 Å². The van der Waals surface area contributed by atoms with Gasteiger partial charge in [0.15, 0.2) is 0 Å². The lowest BCUT2D eigenvalue weighted by Crippen LogP contribution is -2.32. The molecule has 1 aromatic carbocycles. The van der Waals surface area contributed by atoms with Crippen LogP contribution in [0.4, 0.5) is 0 Å². The molecule has 0 fully saturated rings. The molecular weight excluding hydrogens is 278 g/mol. The minimum absolute atomic E-state index is 0.161. The summed E-state index contributed by atoms with van der Waals surface area (Å²) < 4.78 is 0. The number of aryl methyl sites for hydroxylation is 1. The van der Waals surface area contributed by atoms with Crippen molar-refractivity contribution < 1.29 is 4.79 Å². The SMILES string of the molecule is CC(CCBr)NC(=O)CCCc1ccccc1. The fourth-order valence-electron chi connectivity index (χ4n) is 1.68. The number of nitrogens with one attached hydrogen (secondary N) is 1. The van der Waals surface area contributed by atoms with Crippen molar-refractivity contribution in [2.45, 2.75) is 38.6 Å². The largest absolute Gasteiger partial charge is 0.354 e. The second-order valence-corrected chi connectivity index (χ2v) is 5.08. The molecule has 1 aromatic rings. The predicted molar refractivity (Wildman–Crippen MR) is 75.4 cm³/mol. The highest BCUT2D eigenvalue weighted by atomic mass is 79.9. The van der Waals surface area contributed by atoms with Crippen molar-refractivity contribution in [1.82, 2.24) is 5.32 Å². The highest BCUT2D eigenvalue weighted by molar-refractivity contribution is 9.09. The minimum atomic E-state index is 0.161. The van der Waals surface area contributed by atoms with Gasteiger partial charge in [0, 0.05) is 17.8 Å². The Morgan fingerprint density at radius 2 is 2.06 bits per heavy atom. The fourth-order valence-corrected chi connectivity index (χ4v) is 2.37. The topological polar surface area (TPSA) is 29.1 Å². The maximum absolute atomic E-state index is 11.6. The average molecular weight is 298 g/mol. The van der Waals surface area contributed by atoms with Crippen LogP contribution in [0, 0.1) is 0 Å².